The zero-order valence-corrected chi connectivity index (χ0v) is 21.0. The molecule has 4 rings (SSSR count). The molecule has 0 aliphatic rings. The molecule has 0 atom stereocenters. The number of nitrogens with zero attached hydrogens (tertiary/aromatic N) is 3. The molecule has 0 aliphatic heterocycles. The van der Waals surface area contributed by atoms with Gasteiger partial charge in [0.15, 0.2) is 5.82 Å². The third-order valence-corrected chi connectivity index (χ3v) is 6.68. The molecule has 0 fully saturated rings. The van der Waals surface area contributed by atoms with Crippen LogP contribution in [0.5, 0.6) is 0 Å². The number of carbonyl (C=O) groups excluding carboxylic acids is 1. The van der Waals surface area contributed by atoms with Crippen LogP contribution in [-0.2, 0) is 17.8 Å². The van der Waals surface area contributed by atoms with Gasteiger partial charge in [0.2, 0.25) is 0 Å². The Labute approximate surface area is 207 Å². The van der Waals surface area contributed by atoms with E-state index in [1.807, 2.05) is 31.4 Å². The predicted octanol–water partition coefficient (Wildman–Crippen LogP) is 4.71. The molecule has 0 aliphatic carbocycles. The average molecular weight is 548 g/mol. The highest BCUT2D eigenvalue weighted by Crippen LogP contribution is 2.33. The maximum atomic E-state index is 15.8. The van der Waals surface area contributed by atoms with Crippen molar-refractivity contribution in [2.75, 3.05) is 18.5 Å². The Balaban J connectivity index is 1.78. The first-order valence-corrected chi connectivity index (χ1v) is 12.2. The highest BCUT2D eigenvalue weighted by Gasteiger charge is 2.23. The minimum atomic E-state index is -0.654. The van der Waals surface area contributed by atoms with Crippen molar-refractivity contribution in [1.29, 1.82) is 0 Å². The van der Waals surface area contributed by atoms with Gasteiger partial charge in [-0.25, -0.2) is 19.8 Å². The fraction of sp³-hybridized carbons (Fsp3) is 0.261. The number of thiazole rings is 1. The monoisotopic (exact) mass is 547 g/mol. The van der Waals surface area contributed by atoms with E-state index in [2.05, 4.69) is 36.7 Å². The number of amides is 1. The molecular formula is C23H23BrFN5O3S. The van der Waals surface area contributed by atoms with Gasteiger partial charge < -0.3 is 15.0 Å². The van der Waals surface area contributed by atoms with Crippen molar-refractivity contribution in [3.05, 3.63) is 68.1 Å². The van der Waals surface area contributed by atoms with Gasteiger partial charge in [0.05, 0.1) is 53.6 Å². The summed E-state index contributed by atoms with van der Waals surface area (Å²) in [7, 11) is 0. The number of aliphatic hydroxyl groups is 1. The van der Waals surface area contributed by atoms with E-state index < -0.39 is 11.7 Å². The number of hydrogen-bond donors (Lipinski definition) is 3. The highest BCUT2D eigenvalue weighted by molar-refractivity contribution is 9.10. The molecule has 4 aromatic rings. The van der Waals surface area contributed by atoms with Crippen molar-refractivity contribution in [1.82, 2.24) is 20.0 Å². The zero-order valence-electron chi connectivity index (χ0n) is 18.6. The smallest absolute Gasteiger partial charge is 0.277 e. The molecule has 2 heterocycles. The Bertz CT molecular complexity index is 1340. The van der Waals surface area contributed by atoms with E-state index in [1.54, 1.807) is 28.0 Å². The molecule has 3 N–H and O–H groups in total. The molecule has 0 spiro atoms. The Kier molecular flexibility index (Phi) is 7.57. The summed E-state index contributed by atoms with van der Waals surface area (Å²) in [5, 5.41) is 15.0. The molecule has 0 saturated heterocycles. The molecule has 2 aromatic carbocycles. The Hall–Kier alpha value is -2.86. The van der Waals surface area contributed by atoms with Crippen LogP contribution in [-0.4, -0.2) is 38.8 Å². The van der Waals surface area contributed by atoms with Crippen LogP contribution in [0, 0.1) is 12.7 Å². The fourth-order valence-corrected chi connectivity index (χ4v) is 4.67. The lowest BCUT2D eigenvalue weighted by Gasteiger charge is -2.16. The van der Waals surface area contributed by atoms with Crippen LogP contribution in [0.15, 0.2) is 40.4 Å². The number of anilines is 2. The number of carbonyl (C=O) groups is 1. The Morgan fingerprint density at radius 1 is 1.35 bits per heavy atom. The molecule has 34 heavy (non-hydrogen) atoms. The van der Waals surface area contributed by atoms with Crippen LogP contribution in [0.3, 0.4) is 0 Å². The van der Waals surface area contributed by atoms with Crippen molar-refractivity contribution >= 4 is 55.6 Å². The van der Waals surface area contributed by atoms with Gasteiger partial charge in [-0.3, -0.25) is 9.63 Å². The van der Waals surface area contributed by atoms with Gasteiger partial charge in [-0.05, 0) is 43.2 Å². The second-order valence-electron chi connectivity index (χ2n) is 7.53. The van der Waals surface area contributed by atoms with E-state index in [9.17, 15) is 4.79 Å². The SMILES string of the molecule is CCc1nc(Cn2cnc3c(F)c(Nc4ccc(Br)cc4C)c(C(=O)NOCCO)cc32)cs1. The molecule has 0 saturated carbocycles. The van der Waals surface area contributed by atoms with E-state index in [0.717, 1.165) is 27.2 Å². The second kappa shape index (κ2) is 10.6. The molecule has 0 unspecified atom stereocenters. The van der Waals surface area contributed by atoms with Crippen LogP contribution >= 0.6 is 27.3 Å². The summed E-state index contributed by atoms with van der Waals surface area (Å²) < 4.78 is 18.4. The molecular weight excluding hydrogens is 525 g/mol. The lowest BCUT2D eigenvalue weighted by atomic mass is 10.1. The molecule has 8 nitrogen and oxygen atoms in total. The van der Waals surface area contributed by atoms with Crippen LogP contribution in [0.1, 0.15) is 33.5 Å². The summed E-state index contributed by atoms with van der Waals surface area (Å²) in [6.07, 6.45) is 2.38. The standard InChI is InChI=1S/C23H23BrFN5O3S/c1-3-19-27-15(11-34-19)10-30-12-26-22-18(30)9-16(23(32)29-33-7-6-31)21(20(22)25)28-17-5-4-14(24)8-13(17)2/h4-5,8-9,11-12,28,31H,3,6-7,10H2,1-2H3,(H,29,32). The quantitative estimate of drug-likeness (QED) is 0.207. The largest absolute Gasteiger partial charge is 0.394 e. The van der Waals surface area contributed by atoms with E-state index >= 15 is 4.39 Å². The summed E-state index contributed by atoms with van der Waals surface area (Å²) in [5.74, 6) is -1.31. The first-order valence-electron chi connectivity index (χ1n) is 10.6. The van der Waals surface area contributed by atoms with E-state index in [4.69, 9.17) is 9.94 Å². The van der Waals surface area contributed by atoms with Gasteiger partial charge >= 0.3 is 0 Å². The van der Waals surface area contributed by atoms with Gasteiger partial charge in [0.25, 0.3) is 5.91 Å². The number of halogens is 2. The van der Waals surface area contributed by atoms with Gasteiger partial charge in [0.1, 0.15) is 5.52 Å². The first-order chi connectivity index (χ1) is 16.4. The number of hydroxylamine groups is 1. The minimum Gasteiger partial charge on any atom is -0.394 e. The number of hydrogen-bond acceptors (Lipinski definition) is 7. The number of benzene rings is 2. The zero-order chi connectivity index (χ0) is 24.2. The summed E-state index contributed by atoms with van der Waals surface area (Å²) in [6, 6.07) is 7.07. The number of aliphatic hydroxyl groups excluding tert-OH is 1. The maximum Gasteiger partial charge on any atom is 0.277 e. The number of aryl methyl sites for hydroxylation is 2. The summed E-state index contributed by atoms with van der Waals surface area (Å²) in [5.41, 5.74) is 5.21. The minimum absolute atomic E-state index is 0.0183. The summed E-state index contributed by atoms with van der Waals surface area (Å²) >= 11 is 4.99. The molecule has 178 valence electrons. The van der Waals surface area contributed by atoms with Crippen molar-refractivity contribution in [2.45, 2.75) is 26.8 Å². The van der Waals surface area contributed by atoms with Crippen molar-refractivity contribution in [2.24, 2.45) is 0 Å². The van der Waals surface area contributed by atoms with Crippen molar-refractivity contribution in [3.63, 3.8) is 0 Å². The Morgan fingerprint density at radius 2 is 2.18 bits per heavy atom. The maximum absolute atomic E-state index is 15.8. The topological polar surface area (TPSA) is 101 Å². The van der Waals surface area contributed by atoms with E-state index in [-0.39, 0.29) is 30.0 Å². The van der Waals surface area contributed by atoms with E-state index in [0.29, 0.717) is 17.7 Å². The van der Waals surface area contributed by atoms with E-state index in [1.165, 1.54) is 6.33 Å². The van der Waals surface area contributed by atoms with Crippen LogP contribution in [0.25, 0.3) is 11.0 Å². The van der Waals surface area contributed by atoms with Gasteiger partial charge in [-0.15, -0.1) is 11.3 Å². The predicted molar refractivity (Wildman–Crippen MR) is 133 cm³/mol. The normalized spacial score (nSPS) is 11.2. The summed E-state index contributed by atoms with van der Waals surface area (Å²) in [4.78, 5) is 26.8. The summed E-state index contributed by atoms with van der Waals surface area (Å²) in [6.45, 7) is 3.95. The number of fused-ring (bicyclic) bond motifs is 1. The van der Waals surface area contributed by atoms with Crippen molar-refractivity contribution < 1.29 is 19.1 Å². The number of imidazole rings is 1. The highest BCUT2D eigenvalue weighted by atomic mass is 79.9. The number of nitrogens with one attached hydrogen (secondary N) is 2. The fourth-order valence-electron chi connectivity index (χ4n) is 3.46. The lowest BCUT2D eigenvalue weighted by molar-refractivity contribution is 0.0169. The molecule has 0 bridgehead atoms. The van der Waals surface area contributed by atoms with Gasteiger partial charge in [-0.1, -0.05) is 22.9 Å². The third kappa shape index (κ3) is 5.12. The third-order valence-electron chi connectivity index (χ3n) is 5.14. The molecule has 2 aromatic heterocycles. The van der Waals surface area contributed by atoms with Crippen molar-refractivity contribution in [3.8, 4) is 0 Å². The number of aromatic nitrogens is 3. The molecule has 11 heteroatoms. The molecule has 0 radical (unpaired) electrons. The van der Waals surface area contributed by atoms with Crippen LogP contribution < -0.4 is 10.8 Å². The molecule has 1 amide bonds. The number of rotatable bonds is 9. The van der Waals surface area contributed by atoms with Gasteiger partial charge in [0, 0.05) is 15.5 Å². The average Bonchev–Trinajstić information content (AvgIpc) is 3.44. The van der Waals surface area contributed by atoms with Gasteiger partial charge in [-0.2, -0.15) is 0 Å². The van der Waals surface area contributed by atoms with Crippen LogP contribution in [0.4, 0.5) is 15.8 Å². The Morgan fingerprint density at radius 3 is 2.88 bits per heavy atom. The lowest BCUT2D eigenvalue weighted by Crippen LogP contribution is -2.26. The second-order valence-corrected chi connectivity index (χ2v) is 9.39. The van der Waals surface area contributed by atoms with Crippen LogP contribution in [0.2, 0.25) is 0 Å². The first kappa shape index (κ1) is 24.3.